The number of rotatable bonds is 6. The Morgan fingerprint density at radius 1 is 0.783 bits per heavy atom. The third-order valence-electron chi connectivity index (χ3n) is 6.51. The van der Waals surface area contributed by atoms with E-state index in [2.05, 4.69) is 4.90 Å². The van der Waals surface area contributed by atoms with Crippen LogP contribution >= 0.6 is 12.4 Å². The molecule has 0 aromatic rings. The second kappa shape index (κ2) is 10.3. The molecule has 0 N–H and O–H groups in total. The summed E-state index contributed by atoms with van der Waals surface area (Å²) in [4.78, 5) is 2.65. The van der Waals surface area contributed by atoms with Crippen LogP contribution < -0.4 is 0 Å². The molecular weight excluding hydrogens is 306 g/mol. The third-order valence-corrected chi connectivity index (χ3v) is 6.51. The van der Waals surface area contributed by atoms with Gasteiger partial charge in [-0.3, -0.25) is 0 Å². The predicted molar refractivity (Wildman–Crippen MR) is 100 cm³/mol. The van der Waals surface area contributed by atoms with Crippen LogP contribution in [0.1, 0.15) is 89.9 Å². The Kier molecular flexibility index (Phi) is 8.71. The number of piperidine rings is 1. The number of likely N-dealkylation sites (tertiary alicyclic amines) is 1. The van der Waals surface area contributed by atoms with Crippen LogP contribution in [0.5, 0.6) is 0 Å². The van der Waals surface area contributed by atoms with Crippen molar-refractivity contribution < 1.29 is 4.74 Å². The van der Waals surface area contributed by atoms with Gasteiger partial charge in [0.1, 0.15) is 0 Å². The van der Waals surface area contributed by atoms with Crippen molar-refractivity contribution in [2.75, 3.05) is 26.2 Å². The van der Waals surface area contributed by atoms with Crippen molar-refractivity contribution in [3.8, 4) is 0 Å². The van der Waals surface area contributed by atoms with Crippen molar-refractivity contribution in [1.29, 1.82) is 0 Å². The van der Waals surface area contributed by atoms with Crippen LogP contribution in [-0.4, -0.2) is 36.7 Å². The van der Waals surface area contributed by atoms with E-state index in [4.69, 9.17) is 4.74 Å². The Morgan fingerprint density at radius 2 is 1.39 bits per heavy atom. The Balaban J connectivity index is 0.00000192. The van der Waals surface area contributed by atoms with E-state index in [1.54, 1.807) is 0 Å². The second-order valence-corrected chi connectivity index (χ2v) is 8.06. The lowest BCUT2D eigenvalue weighted by Crippen LogP contribution is -2.44. The van der Waals surface area contributed by atoms with Gasteiger partial charge in [0.2, 0.25) is 0 Å². The lowest BCUT2D eigenvalue weighted by atomic mass is 9.69. The van der Waals surface area contributed by atoms with Crippen LogP contribution in [0.4, 0.5) is 0 Å². The molecule has 0 aromatic heterocycles. The van der Waals surface area contributed by atoms with E-state index in [9.17, 15) is 0 Å². The van der Waals surface area contributed by atoms with Crippen molar-refractivity contribution in [1.82, 2.24) is 4.90 Å². The average Bonchev–Trinajstić information content (AvgIpc) is 2.61. The lowest BCUT2D eigenvalue weighted by Gasteiger charge is -2.45. The molecule has 136 valence electrons. The van der Waals surface area contributed by atoms with E-state index >= 15 is 0 Å². The fraction of sp³-hybridized carbons (Fsp3) is 1.00. The molecule has 1 aliphatic heterocycles. The van der Waals surface area contributed by atoms with Crippen LogP contribution in [0.15, 0.2) is 0 Å². The standard InChI is InChI=1S/C20H37NO.ClH/c1-4-11-19(12-5-1)20(13-6-2-7-14-20)22-18-10-17-21-15-8-3-9-16-21;/h19H,1-18H2;1H. The summed E-state index contributed by atoms with van der Waals surface area (Å²) in [5, 5.41) is 0. The minimum Gasteiger partial charge on any atom is -0.375 e. The molecule has 2 nitrogen and oxygen atoms in total. The quantitative estimate of drug-likeness (QED) is 0.583. The maximum atomic E-state index is 6.67. The van der Waals surface area contributed by atoms with Crippen molar-refractivity contribution >= 4 is 12.4 Å². The van der Waals surface area contributed by atoms with Gasteiger partial charge in [0.05, 0.1) is 5.60 Å². The first-order valence-electron chi connectivity index (χ1n) is 10.3. The van der Waals surface area contributed by atoms with E-state index in [0.717, 1.165) is 12.5 Å². The smallest absolute Gasteiger partial charge is 0.0710 e. The van der Waals surface area contributed by atoms with Crippen molar-refractivity contribution in [2.45, 2.75) is 95.5 Å². The van der Waals surface area contributed by atoms with Gasteiger partial charge >= 0.3 is 0 Å². The molecule has 0 aromatic carbocycles. The molecule has 0 bridgehead atoms. The highest BCUT2D eigenvalue weighted by atomic mass is 35.5. The third kappa shape index (κ3) is 5.61. The first kappa shape index (κ1) is 19.5. The van der Waals surface area contributed by atoms with Crippen molar-refractivity contribution in [3.05, 3.63) is 0 Å². The molecule has 0 radical (unpaired) electrons. The van der Waals surface area contributed by atoms with E-state index in [0.29, 0.717) is 0 Å². The van der Waals surface area contributed by atoms with Gasteiger partial charge < -0.3 is 9.64 Å². The monoisotopic (exact) mass is 343 g/mol. The number of halogens is 1. The van der Waals surface area contributed by atoms with Crippen LogP contribution in [0.25, 0.3) is 0 Å². The van der Waals surface area contributed by atoms with Gasteiger partial charge in [-0.15, -0.1) is 12.4 Å². The second-order valence-electron chi connectivity index (χ2n) is 8.06. The largest absolute Gasteiger partial charge is 0.375 e. The van der Waals surface area contributed by atoms with Crippen LogP contribution in [0, 0.1) is 5.92 Å². The number of ether oxygens (including phenoxy) is 1. The highest BCUT2D eigenvalue weighted by Gasteiger charge is 2.40. The van der Waals surface area contributed by atoms with E-state index in [-0.39, 0.29) is 18.0 Å². The van der Waals surface area contributed by atoms with E-state index in [1.165, 1.54) is 110 Å². The normalized spacial score (nSPS) is 26.6. The van der Waals surface area contributed by atoms with Crippen molar-refractivity contribution in [2.24, 2.45) is 5.92 Å². The zero-order valence-corrected chi connectivity index (χ0v) is 15.9. The Bertz CT molecular complexity index is 305. The molecule has 1 heterocycles. The predicted octanol–water partition coefficient (Wildman–Crippen LogP) is 5.58. The lowest BCUT2D eigenvalue weighted by molar-refractivity contribution is -0.120. The molecule has 0 amide bonds. The molecule has 0 spiro atoms. The Hall–Kier alpha value is 0.210. The first-order chi connectivity index (χ1) is 10.9. The number of hydrogen-bond acceptors (Lipinski definition) is 2. The summed E-state index contributed by atoms with van der Waals surface area (Å²) in [7, 11) is 0. The fourth-order valence-corrected chi connectivity index (χ4v) is 5.20. The molecule has 3 fully saturated rings. The minimum absolute atomic E-state index is 0. The Morgan fingerprint density at radius 3 is 2.09 bits per heavy atom. The Labute approximate surface area is 150 Å². The number of hydrogen-bond donors (Lipinski definition) is 0. The molecule has 3 heteroatoms. The summed E-state index contributed by atoms with van der Waals surface area (Å²) in [6.07, 6.45) is 19.7. The average molecular weight is 344 g/mol. The maximum absolute atomic E-state index is 6.67. The van der Waals surface area contributed by atoms with Crippen LogP contribution in [0.3, 0.4) is 0 Å². The van der Waals surface area contributed by atoms with Gasteiger partial charge in [0.15, 0.2) is 0 Å². The van der Waals surface area contributed by atoms with Crippen LogP contribution in [0.2, 0.25) is 0 Å². The van der Waals surface area contributed by atoms with Crippen molar-refractivity contribution in [3.63, 3.8) is 0 Å². The van der Waals surface area contributed by atoms with Gasteiger partial charge in [-0.05, 0) is 64.0 Å². The maximum Gasteiger partial charge on any atom is 0.0710 e. The van der Waals surface area contributed by atoms with Gasteiger partial charge in [-0.1, -0.05) is 44.9 Å². The molecule has 2 saturated carbocycles. The highest BCUT2D eigenvalue weighted by Crippen LogP contribution is 2.44. The van der Waals surface area contributed by atoms with Gasteiger partial charge in [0, 0.05) is 13.2 Å². The molecule has 2 aliphatic carbocycles. The summed E-state index contributed by atoms with van der Waals surface area (Å²) < 4.78 is 6.67. The molecule has 1 saturated heterocycles. The first-order valence-corrected chi connectivity index (χ1v) is 10.3. The molecule has 3 aliphatic rings. The summed E-state index contributed by atoms with van der Waals surface area (Å²) in [6.45, 7) is 4.93. The zero-order chi connectivity index (χ0) is 15.1. The minimum atomic E-state index is 0. The SMILES string of the molecule is C1CCC(C2(OCCCN3CCCCC3)CCCCC2)CC1.Cl. The van der Waals surface area contributed by atoms with Crippen LogP contribution in [-0.2, 0) is 4.74 Å². The van der Waals surface area contributed by atoms with Gasteiger partial charge in [-0.25, -0.2) is 0 Å². The molecule has 0 unspecified atom stereocenters. The van der Waals surface area contributed by atoms with E-state index < -0.39 is 0 Å². The fourth-order valence-electron chi connectivity index (χ4n) is 5.20. The number of nitrogens with zero attached hydrogens (tertiary/aromatic N) is 1. The summed E-state index contributed by atoms with van der Waals surface area (Å²) in [6, 6.07) is 0. The molecular formula is C20H38ClNO. The topological polar surface area (TPSA) is 12.5 Å². The summed E-state index contributed by atoms with van der Waals surface area (Å²) in [5.41, 5.74) is 0.278. The zero-order valence-electron chi connectivity index (χ0n) is 15.1. The van der Waals surface area contributed by atoms with Gasteiger partial charge in [0.25, 0.3) is 0 Å². The molecule has 23 heavy (non-hydrogen) atoms. The van der Waals surface area contributed by atoms with Gasteiger partial charge in [-0.2, -0.15) is 0 Å². The summed E-state index contributed by atoms with van der Waals surface area (Å²) in [5.74, 6) is 0.872. The molecule has 0 atom stereocenters. The highest BCUT2D eigenvalue weighted by molar-refractivity contribution is 5.85. The molecule has 3 rings (SSSR count). The van der Waals surface area contributed by atoms with E-state index in [1.807, 2.05) is 0 Å². The summed E-state index contributed by atoms with van der Waals surface area (Å²) >= 11 is 0.